The summed E-state index contributed by atoms with van der Waals surface area (Å²) in [6.45, 7) is 6.39. The van der Waals surface area contributed by atoms with Crippen molar-refractivity contribution < 1.29 is 14.6 Å². The molecule has 0 aromatic carbocycles. The average molecular weight is 227 g/mol. The topological polar surface area (TPSA) is 49.8 Å². The maximum atomic E-state index is 11.1. The van der Waals surface area contributed by atoms with Gasteiger partial charge in [-0.25, -0.2) is 0 Å². The number of likely N-dealkylation sites (tertiary alicyclic amines) is 1. The highest BCUT2D eigenvalue weighted by Crippen LogP contribution is 2.31. The van der Waals surface area contributed by atoms with Gasteiger partial charge in [-0.2, -0.15) is 0 Å². The van der Waals surface area contributed by atoms with Crippen LogP contribution in [0.2, 0.25) is 0 Å². The van der Waals surface area contributed by atoms with E-state index in [0.29, 0.717) is 18.8 Å². The lowest BCUT2D eigenvalue weighted by atomic mass is 9.90. The minimum absolute atomic E-state index is 0.311. The smallest absolute Gasteiger partial charge is 0.310 e. The number of carboxylic acids is 1. The lowest BCUT2D eigenvalue weighted by Gasteiger charge is -2.22. The van der Waals surface area contributed by atoms with Gasteiger partial charge < -0.3 is 9.84 Å². The summed E-state index contributed by atoms with van der Waals surface area (Å²) in [5, 5.41) is 9.14. The van der Waals surface area contributed by atoms with E-state index in [1.165, 1.54) is 0 Å². The Bertz CT molecular complexity index is 281. The third-order valence-electron chi connectivity index (χ3n) is 3.85. The van der Waals surface area contributed by atoms with E-state index >= 15 is 0 Å². The van der Waals surface area contributed by atoms with Crippen LogP contribution in [0.1, 0.15) is 33.1 Å². The predicted octanol–water partition coefficient (Wildman–Crippen LogP) is 1.35. The fourth-order valence-corrected chi connectivity index (χ4v) is 2.69. The Morgan fingerprint density at radius 1 is 1.56 bits per heavy atom. The molecule has 1 N–H and O–H groups in total. The van der Waals surface area contributed by atoms with Crippen LogP contribution in [0.15, 0.2) is 0 Å². The Morgan fingerprint density at radius 3 is 2.81 bits per heavy atom. The molecule has 0 spiro atoms. The molecule has 0 aromatic heterocycles. The van der Waals surface area contributed by atoms with Gasteiger partial charge >= 0.3 is 5.97 Å². The van der Waals surface area contributed by atoms with E-state index in [1.807, 2.05) is 6.92 Å². The highest BCUT2D eigenvalue weighted by Gasteiger charge is 2.41. The average Bonchev–Trinajstić information content (AvgIpc) is 2.75. The van der Waals surface area contributed by atoms with Gasteiger partial charge in [0.2, 0.25) is 0 Å². The normalized spacial score (nSPS) is 40.4. The monoisotopic (exact) mass is 227 g/mol. The molecular weight excluding hydrogens is 206 g/mol. The largest absolute Gasteiger partial charge is 0.481 e. The fraction of sp³-hybridized carbons (Fsp3) is 0.917. The third-order valence-corrected chi connectivity index (χ3v) is 3.85. The van der Waals surface area contributed by atoms with Crippen LogP contribution >= 0.6 is 0 Å². The summed E-state index contributed by atoms with van der Waals surface area (Å²) in [6, 6.07) is 0. The molecule has 2 aliphatic heterocycles. The molecule has 3 unspecified atom stereocenters. The van der Waals surface area contributed by atoms with Crippen molar-refractivity contribution in [1.82, 2.24) is 4.90 Å². The van der Waals surface area contributed by atoms with Crippen molar-refractivity contribution in [2.75, 3.05) is 19.6 Å². The molecule has 2 saturated heterocycles. The Kier molecular flexibility index (Phi) is 3.22. The number of ether oxygens (including phenoxy) is 1. The van der Waals surface area contributed by atoms with E-state index in [1.54, 1.807) is 0 Å². The lowest BCUT2D eigenvalue weighted by Crippen LogP contribution is -2.35. The van der Waals surface area contributed by atoms with Gasteiger partial charge in [-0.3, -0.25) is 9.69 Å². The van der Waals surface area contributed by atoms with Gasteiger partial charge in [-0.05, 0) is 39.7 Å². The Labute approximate surface area is 96.6 Å². The van der Waals surface area contributed by atoms with E-state index in [9.17, 15) is 4.79 Å². The Balaban J connectivity index is 1.83. The second kappa shape index (κ2) is 4.34. The zero-order chi connectivity index (χ0) is 11.8. The number of carboxylic acid groups (broad SMARTS) is 1. The predicted molar refractivity (Wildman–Crippen MR) is 60.4 cm³/mol. The molecule has 16 heavy (non-hydrogen) atoms. The minimum Gasteiger partial charge on any atom is -0.481 e. The first kappa shape index (κ1) is 11.9. The first-order valence-corrected chi connectivity index (χ1v) is 6.11. The standard InChI is InChI=1S/C12H21NO3/c1-9-3-4-10(16-9)7-13-6-5-12(2,8-13)11(14)15/h9-10H,3-8H2,1-2H3,(H,14,15). The molecule has 4 nitrogen and oxygen atoms in total. The zero-order valence-electron chi connectivity index (χ0n) is 10.1. The molecule has 0 saturated carbocycles. The third kappa shape index (κ3) is 2.38. The molecule has 2 fully saturated rings. The lowest BCUT2D eigenvalue weighted by molar-refractivity contribution is -0.147. The quantitative estimate of drug-likeness (QED) is 0.790. The molecular formula is C12H21NO3. The summed E-state index contributed by atoms with van der Waals surface area (Å²) in [5.74, 6) is -0.671. The van der Waals surface area contributed by atoms with Crippen LogP contribution in [0.4, 0.5) is 0 Å². The molecule has 0 amide bonds. The fourth-order valence-electron chi connectivity index (χ4n) is 2.69. The van der Waals surface area contributed by atoms with E-state index in [2.05, 4.69) is 11.8 Å². The maximum Gasteiger partial charge on any atom is 0.310 e. The van der Waals surface area contributed by atoms with Crippen molar-refractivity contribution in [2.24, 2.45) is 5.41 Å². The van der Waals surface area contributed by atoms with E-state index in [-0.39, 0.29) is 0 Å². The summed E-state index contributed by atoms with van der Waals surface area (Å²) < 4.78 is 5.76. The highest BCUT2D eigenvalue weighted by atomic mass is 16.5. The van der Waals surface area contributed by atoms with Crippen LogP contribution in [-0.2, 0) is 9.53 Å². The van der Waals surface area contributed by atoms with Gasteiger partial charge in [0.05, 0.1) is 17.6 Å². The molecule has 2 heterocycles. The van der Waals surface area contributed by atoms with Crippen LogP contribution in [-0.4, -0.2) is 47.8 Å². The number of hydrogen-bond acceptors (Lipinski definition) is 3. The Hall–Kier alpha value is -0.610. The van der Waals surface area contributed by atoms with Crippen LogP contribution in [0, 0.1) is 5.41 Å². The summed E-state index contributed by atoms with van der Waals surface area (Å²) in [5.41, 5.74) is -0.551. The molecule has 4 heteroatoms. The number of hydrogen-bond donors (Lipinski definition) is 1. The molecule has 0 aliphatic carbocycles. The van der Waals surface area contributed by atoms with Crippen molar-refractivity contribution in [3.8, 4) is 0 Å². The van der Waals surface area contributed by atoms with Crippen LogP contribution in [0.3, 0.4) is 0 Å². The minimum atomic E-state index is -0.671. The number of carbonyl (C=O) groups is 1. The molecule has 2 aliphatic rings. The van der Waals surface area contributed by atoms with Gasteiger partial charge in [0.1, 0.15) is 0 Å². The summed E-state index contributed by atoms with van der Waals surface area (Å²) in [7, 11) is 0. The van der Waals surface area contributed by atoms with Crippen LogP contribution < -0.4 is 0 Å². The molecule has 92 valence electrons. The molecule has 0 aromatic rings. The number of rotatable bonds is 3. The van der Waals surface area contributed by atoms with Gasteiger partial charge in [0, 0.05) is 13.1 Å². The van der Waals surface area contributed by atoms with Gasteiger partial charge in [0.25, 0.3) is 0 Å². The van der Waals surface area contributed by atoms with E-state index in [4.69, 9.17) is 9.84 Å². The maximum absolute atomic E-state index is 11.1. The van der Waals surface area contributed by atoms with Crippen LogP contribution in [0.5, 0.6) is 0 Å². The Morgan fingerprint density at radius 2 is 2.31 bits per heavy atom. The summed E-state index contributed by atoms with van der Waals surface area (Å²) in [4.78, 5) is 13.3. The molecule has 0 radical (unpaired) electrons. The SMILES string of the molecule is CC1CCC(CN2CCC(C)(C(=O)O)C2)O1. The van der Waals surface area contributed by atoms with Crippen molar-refractivity contribution in [3.63, 3.8) is 0 Å². The van der Waals surface area contributed by atoms with Crippen molar-refractivity contribution in [3.05, 3.63) is 0 Å². The van der Waals surface area contributed by atoms with Crippen molar-refractivity contribution in [1.29, 1.82) is 0 Å². The zero-order valence-corrected chi connectivity index (χ0v) is 10.1. The summed E-state index contributed by atoms with van der Waals surface area (Å²) in [6.07, 6.45) is 3.69. The number of aliphatic carboxylic acids is 1. The van der Waals surface area contributed by atoms with Crippen molar-refractivity contribution >= 4 is 5.97 Å². The first-order valence-electron chi connectivity index (χ1n) is 6.11. The highest BCUT2D eigenvalue weighted by molar-refractivity contribution is 5.74. The second-order valence-corrected chi connectivity index (χ2v) is 5.50. The first-order chi connectivity index (χ1) is 7.49. The molecule has 2 rings (SSSR count). The van der Waals surface area contributed by atoms with Gasteiger partial charge in [-0.1, -0.05) is 0 Å². The van der Waals surface area contributed by atoms with Gasteiger partial charge in [-0.15, -0.1) is 0 Å². The molecule has 0 bridgehead atoms. The van der Waals surface area contributed by atoms with Crippen LogP contribution in [0.25, 0.3) is 0 Å². The molecule has 3 atom stereocenters. The second-order valence-electron chi connectivity index (χ2n) is 5.50. The van der Waals surface area contributed by atoms with E-state index in [0.717, 1.165) is 32.4 Å². The summed E-state index contributed by atoms with van der Waals surface area (Å²) >= 11 is 0. The van der Waals surface area contributed by atoms with Crippen molar-refractivity contribution in [2.45, 2.75) is 45.3 Å². The number of nitrogens with zero attached hydrogens (tertiary/aromatic N) is 1. The van der Waals surface area contributed by atoms with E-state index < -0.39 is 11.4 Å². The van der Waals surface area contributed by atoms with Gasteiger partial charge in [0.15, 0.2) is 0 Å².